The summed E-state index contributed by atoms with van der Waals surface area (Å²) in [5.74, 6) is 3.11. The van der Waals surface area contributed by atoms with Crippen LogP contribution in [0.3, 0.4) is 0 Å². The van der Waals surface area contributed by atoms with Crippen LogP contribution in [0.2, 0.25) is 0 Å². The van der Waals surface area contributed by atoms with E-state index in [0.717, 1.165) is 28.8 Å². The Morgan fingerprint density at radius 3 is 2.18 bits per heavy atom. The summed E-state index contributed by atoms with van der Waals surface area (Å²) in [6, 6.07) is 15.6. The molecule has 1 N–H and O–H groups in total. The van der Waals surface area contributed by atoms with Crippen molar-refractivity contribution in [2.24, 2.45) is 4.99 Å². The molecular weight excluding hydrogens is 469 g/mol. The lowest BCUT2D eigenvalue weighted by molar-refractivity contribution is 0.212. The van der Waals surface area contributed by atoms with Crippen molar-refractivity contribution in [3.05, 3.63) is 54.1 Å². The molecule has 2 aromatic carbocycles. The quantitative estimate of drug-likeness (QED) is 0.340. The van der Waals surface area contributed by atoms with Gasteiger partial charge in [-0.3, -0.25) is 4.99 Å². The molecule has 6 nitrogen and oxygen atoms in total. The van der Waals surface area contributed by atoms with Gasteiger partial charge in [0, 0.05) is 26.2 Å². The fourth-order valence-corrected chi connectivity index (χ4v) is 2.76. The van der Waals surface area contributed by atoms with Crippen LogP contribution >= 0.6 is 24.0 Å². The maximum absolute atomic E-state index is 5.98. The minimum atomic E-state index is -0.0577. The van der Waals surface area contributed by atoms with Crippen molar-refractivity contribution in [1.29, 1.82) is 0 Å². The lowest BCUT2D eigenvalue weighted by Gasteiger charge is -2.25. The first kappa shape index (κ1) is 23.9. The van der Waals surface area contributed by atoms with Crippen molar-refractivity contribution in [1.82, 2.24) is 10.2 Å². The maximum Gasteiger partial charge on any atom is 0.193 e. The molecule has 0 amide bonds. The van der Waals surface area contributed by atoms with Gasteiger partial charge in [-0.25, -0.2) is 0 Å². The Balaban J connectivity index is 0.00000392. The molecule has 0 heterocycles. The molecule has 0 aliphatic carbocycles. The van der Waals surface area contributed by atoms with Gasteiger partial charge in [0.25, 0.3) is 0 Å². The second-order valence-corrected chi connectivity index (χ2v) is 6.18. The number of methoxy groups -OCH3 is 2. The molecular formula is C21H30IN3O3. The summed E-state index contributed by atoms with van der Waals surface area (Å²) in [5.41, 5.74) is 1.10. The molecule has 0 fully saturated rings. The highest BCUT2D eigenvalue weighted by Crippen LogP contribution is 2.26. The van der Waals surface area contributed by atoms with E-state index in [1.807, 2.05) is 61.3 Å². The topological polar surface area (TPSA) is 55.3 Å². The van der Waals surface area contributed by atoms with Crippen LogP contribution in [0.15, 0.2) is 53.5 Å². The van der Waals surface area contributed by atoms with Crippen molar-refractivity contribution in [2.75, 3.05) is 34.9 Å². The average Bonchev–Trinajstić information content (AvgIpc) is 2.69. The third-order valence-corrected chi connectivity index (χ3v) is 4.12. The van der Waals surface area contributed by atoms with Crippen LogP contribution in [0, 0.1) is 0 Å². The van der Waals surface area contributed by atoms with E-state index in [1.54, 1.807) is 21.3 Å². The predicted octanol–water partition coefficient (Wildman–Crippen LogP) is 3.80. The lowest BCUT2D eigenvalue weighted by Crippen LogP contribution is -2.42. The van der Waals surface area contributed by atoms with Crippen LogP contribution in [-0.4, -0.2) is 51.8 Å². The zero-order valence-corrected chi connectivity index (χ0v) is 19.5. The molecule has 0 aliphatic heterocycles. The Morgan fingerprint density at radius 2 is 1.57 bits per heavy atom. The molecule has 0 saturated heterocycles. The Hall–Kier alpha value is -2.16. The Morgan fingerprint density at radius 1 is 1.00 bits per heavy atom. The normalized spacial score (nSPS) is 11.8. The van der Waals surface area contributed by atoms with E-state index in [-0.39, 0.29) is 30.1 Å². The molecule has 1 unspecified atom stereocenters. The molecule has 2 aromatic rings. The zero-order valence-electron chi connectivity index (χ0n) is 17.1. The summed E-state index contributed by atoms with van der Waals surface area (Å²) in [6.07, 6.45) is -0.0577. The minimum Gasteiger partial charge on any atom is -0.496 e. The fourth-order valence-electron chi connectivity index (χ4n) is 2.76. The SMILES string of the molecule is CN=C(NCC(C)Oc1ccccc1OC)N(C)Cc1ccccc1OC.I. The van der Waals surface area contributed by atoms with E-state index in [0.29, 0.717) is 13.1 Å². The van der Waals surface area contributed by atoms with E-state index in [1.165, 1.54) is 0 Å². The summed E-state index contributed by atoms with van der Waals surface area (Å²) < 4.78 is 16.7. The first-order chi connectivity index (χ1) is 13.1. The number of guanidine groups is 1. The number of aliphatic imine (C=N–C) groups is 1. The Kier molecular flexibility index (Phi) is 10.5. The molecule has 2 rings (SSSR count). The zero-order chi connectivity index (χ0) is 19.6. The third kappa shape index (κ3) is 6.78. The van der Waals surface area contributed by atoms with Gasteiger partial charge < -0.3 is 24.4 Å². The largest absolute Gasteiger partial charge is 0.496 e. The predicted molar refractivity (Wildman–Crippen MR) is 124 cm³/mol. The van der Waals surface area contributed by atoms with Crippen LogP contribution in [-0.2, 0) is 6.54 Å². The van der Waals surface area contributed by atoms with Crippen molar-refractivity contribution in [2.45, 2.75) is 19.6 Å². The number of ether oxygens (including phenoxy) is 3. The van der Waals surface area contributed by atoms with Crippen molar-refractivity contribution < 1.29 is 14.2 Å². The average molecular weight is 499 g/mol. The standard InChI is InChI=1S/C21H29N3O3.HI/c1-16(27-20-13-9-8-12-19(20)26-5)14-23-21(22-2)24(3)15-17-10-6-7-11-18(17)25-4;/h6-13,16H,14-15H2,1-5H3,(H,22,23);1H. The molecule has 154 valence electrons. The van der Waals surface area contributed by atoms with Gasteiger partial charge in [0.05, 0.1) is 20.8 Å². The Labute approximate surface area is 184 Å². The van der Waals surface area contributed by atoms with E-state index < -0.39 is 0 Å². The van der Waals surface area contributed by atoms with Crippen molar-refractivity contribution in [3.8, 4) is 17.2 Å². The summed E-state index contributed by atoms with van der Waals surface area (Å²) >= 11 is 0. The lowest BCUT2D eigenvalue weighted by atomic mass is 10.2. The number of para-hydroxylation sites is 3. The van der Waals surface area contributed by atoms with Crippen LogP contribution in [0.1, 0.15) is 12.5 Å². The molecule has 0 aliphatic rings. The first-order valence-electron chi connectivity index (χ1n) is 8.92. The van der Waals surface area contributed by atoms with Gasteiger partial charge in [0.2, 0.25) is 0 Å². The van der Waals surface area contributed by atoms with Gasteiger partial charge in [0.15, 0.2) is 17.5 Å². The molecule has 7 heteroatoms. The Bertz CT molecular complexity index is 755. The molecule has 0 aromatic heterocycles. The van der Waals surface area contributed by atoms with E-state index in [9.17, 15) is 0 Å². The first-order valence-corrected chi connectivity index (χ1v) is 8.92. The second kappa shape index (κ2) is 12.3. The van der Waals surface area contributed by atoms with E-state index in [2.05, 4.69) is 16.4 Å². The number of nitrogens with zero attached hydrogens (tertiary/aromatic N) is 2. The van der Waals surface area contributed by atoms with Crippen molar-refractivity contribution in [3.63, 3.8) is 0 Å². The smallest absolute Gasteiger partial charge is 0.193 e. The van der Waals surface area contributed by atoms with Gasteiger partial charge in [-0.15, -0.1) is 24.0 Å². The number of benzene rings is 2. The highest BCUT2D eigenvalue weighted by molar-refractivity contribution is 14.0. The van der Waals surface area contributed by atoms with Crippen LogP contribution in [0.4, 0.5) is 0 Å². The van der Waals surface area contributed by atoms with E-state index >= 15 is 0 Å². The molecule has 0 bridgehead atoms. The second-order valence-electron chi connectivity index (χ2n) is 6.18. The van der Waals surface area contributed by atoms with Gasteiger partial charge in [-0.2, -0.15) is 0 Å². The molecule has 0 saturated carbocycles. The van der Waals surface area contributed by atoms with Crippen LogP contribution in [0.25, 0.3) is 0 Å². The molecule has 0 spiro atoms. The van der Waals surface area contributed by atoms with Gasteiger partial charge >= 0.3 is 0 Å². The fraction of sp³-hybridized carbons (Fsp3) is 0.381. The van der Waals surface area contributed by atoms with Gasteiger partial charge in [-0.05, 0) is 25.1 Å². The summed E-state index contributed by atoms with van der Waals surface area (Å²) in [7, 11) is 7.09. The van der Waals surface area contributed by atoms with Crippen molar-refractivity contribution >= 4 is 29.9 Å². The number of rotatable bonds is 8. The number of nitrogens with one attached hydrogen (secondary N) is 1. The van der Waals surface area contributed by atoms with E-state index in [4.69, 9.17) is 14.2 Å². The summed E-state index contributed by atoms with van der Waals surface area (Å²) in [5, 5.41) is 3.35. The van der Waals surface area contributed by atoms with Gasteiger partial charge in [-0.1, -0.05) is 30.3 Å². The number of hydrogen-bond donors (Lipinski definition) is 1. The summed E-state index contributed by atoms with van der Waals surface area (Å²) in [6.45, 7) is 3.30. The minimum absolute atomic E-state index is 0. The third-order valence-electron chi connectivity index (χ3n) is 4.12. The van der Waals surface area contributed by atoms with Gasteiger partial charge in [0.1, 0.15) is 11.9 Å². The summed E-state index contributed by atoms with van der Waals surface area (Å²) in [4.78, 5) is 6.41. The highest BCUT2D eigenvalue weighted by atomic mass is 127. The monoisotopic (exact) mass is 499 g/mol. The highest BCUT2D eigenvalue weighted by Gasteiger charge is 2.13. The maximum atomic E-state index is 5.98. The van der Waals surface area contributed by atoms with Crippen LogP contribution < -0.4 is 19.5 Å². The molecule has 1 atom stereocenters. The number of hydrogen-bond acceptors (Lipinski definition) is 4. The molecule has 28 heavy (non-hydrogen) atoms. The number of halogens is 1. The van der Waals surface area contributed by atoms with Crippen LogP contribution in [0.5, 0.6) is 17.2 Å². The molecule has 0 radical (unpaired) electrons.